The molecule has 1 amide bonds. The number of nitrogens with zero attached hydrogens (tertiary/aromatic N) is 4. The molecule has 5 rings (SSSR count). The minimum atomic E-state index is -0.168. The van der Waals surface area contributed by atoms with Crippen molar-refractivity contribution in [1.82, 2.24) is 19.7 Å². The van der Waals surface area contributed by atoms with Crippen molar-refractivity contribution < 1.29 is 13.9 Å². The second-order valence-corrected chi connectivity index (χ2v) is 7.73. The van der Waals surface area contributed by atoms with Crippen LogP contribution in [-0.4, -0.2) is 39.2 Å². The van der Waals surface area contributed by atoms with E-state index in [1.54, 1.807) is 30.2 Å². The molecule has 1 fully saturated rings. The van der Waals surface area contributed by atoms with E-state index in [1.807, 2.05) is 0 Å². The van der Waals surface area contributed by atoms with Crippen LogP contribution in [0.15, 0.2) is 22.6 Å². The maximum absolute atomic E-state index is 13.1. The van der Waals surface area contributed by atoms with Crippen LogP contribution in [-0.2, 0) is 6.54 Å². The highest BCUT2D eigenvalue weighted by atomic mass is 35.5. The van der Waals surface area contributed by atoms with Crippen molar-refractivity contribution in [2.45, 2.75) is 38.3 Å². The van der Waals surface area contributed by atoms with Crippen LogP contribution in [0.25, 0.3) is 11.0 Å². The Morgan fingerprint density at radius 3 is 2.85 bits per heavy atom. The van der Waals surface area contributed by atoms with Gasteiger partial charge in [0.2, 0.25) is 0 Å². The Hall–Kier alpha value is -2.54. The van der Waals surface area contributed by atoms with Crippen LogP contribution in [0.3, 0.4) is 0 Å². The Morgan fingerprint density at radius 1 is 1.30 bits per heavy atom. The van der Waals surface area contributed by atoms with Crippen LogP contribution in [0.4, 0.5) is 0 Å². The van der Waals surface area contributed by atoms with E-state index in [0.717, 1.165) is 17.0 Å². The number of carbonyl (C=O) groups is 1. The van der Waals surface area contributed by atoms with Crippen molar-refractivity contribution in [3.63, 3.8) is 0 Å². The number of methoxy groups -OCH3 is 1. The molecule has 1 atom stereocenters. The van der Waals surface area contributed by atoms with Gasteiger partial charge >= 0.3 is 0 Å². The minimum absolute atomic E-state index is 0.136. The molecule has 1 aliphatic carbocycles. The van der Waals surface area contributed by atoms with Crippen molar-refractivity contribution in [3.8, 4) is 5.75 Å². The average molecular weight is 387 g/mol. The van der Waals surface area contributed by atoms with Crippen molar-refractivity contribution in [1.29, 1.82) is 0 Å². The minimum Gasteiger partial charge on any atom is -0.493 e. The van der Waals surface area contributed by atoms with E-state index in [4.69, 9.17) is 20.8 Å². The third-order valence-corrected chi connectivity index (χ3v) is 5.48. The normalized spacial score (nSPS) is 19.4. The Morgan fingerprint density at radius 2 is 2.11 bits per heavy atom. The Kier molecular flexibility index (Phi) is 3.69. The van der Waals surface area contributed by atoms with Crippen LogP contribution in [0, 0.1) is 0 Å². The maximum atomic E-state index is 13.1. The van der Waals surface area contributed by atoms with Gasteiger partial charge in [-0.25, -0.2) is 0 Å². The number of hydrogen-bond donors (Lipinski definition) is 0. The van der Waals surface area contributed by atoms with E-state index in [-0.39, 0.29) is 17.7 Å². The molecule has 0 saturated heterocycles. The number of fused-ring (bicyclic) bond motifs is 2. The number of halogens is 1. The zero-order chi connectivity index (χ0) is 18.7. The third kappa shape index (κ3) is 2.68. The summed E-state index contributed by atoms with van der Waals surface area (Å²) in [7, 11) is 1.55. The molecule has 1 aromatic carbocycles. The lowest BCUT2D eigenvalue weighted by Gasteiger charge is -2.32. The number of furan rings is 1. The number of aromatic nitrogens is 3. The molecule has 0 spiro atoms. The summed E-state index contributed by atoms with van der Waals surface area (Å²) in [4.78, 5) is 14.8. The van der Waals surface area contributed by atoms with Gasteiger partial charge in [-0.3, -0.25) is 4.79 Å². The van der Waals surface area contributed by atoms with Gasteiger partial charge in [-0.15, -0.1) is 10.2 Å². The molecule has 3 aromatic rings. The van der Waals surface area contributed by atoms with Gasteiger partial charge in [-0.05, 0) is 31.9 Å². The van der Waals surface area contributed by atoms with Crippen molar-refractivity contribution >= 4 is 28.5 Å². The fourth-order valence-electron chi connectivity index (χ4n) is 3.83. The molecule has 1 aliphatic heterocycles. The topological polar surface area (TPSA) is 73.4 Å². The zero-order valence-electron chi connectivity index (χ0n) is 15.1. The van der Waals surface area contributed by atoms with E-state index in [1.165, 1.54) is 12.8 Å². The molecular formula is C19H19ClN4O3. The van der Waals surface area contributed by atoms with Gasteiger partial charge in [0.1, 0.15) is 5.82 Å². The summed E-state index contributed by atoms with van der Waals surface area (Å²) in [5.74, 6) is 3.04. The van der Waals surface area contributed by atoms with Crippen molar-refractivity contribution in [2.24, 2.45) is 0 Å². The van der Waals surface area contributed by atoms with Crippen LogP contribution in [0.2, 0.25) is 5.02 Å². The first-order valence-corrected chi connectivity index (χ1v) is 9.43. The van der Waals surface area contributed by atoms with Gasteiger partial charge in [0.25, 0.3) is 5.91 Å². The van der Waals surface area contributed by atoms with Crippen LogP contribution < -0.4 is 4.74 Å². The zero-order valence-corrected chi connectivity index (χ0v) is 15.9. The third-order valence-electron chi connectivity index (χ3n) is 5.26. The first-order chi connectivity index (χ1) is 13.0. The molecule has 8 heteroatoms. The Balaban J connectivity index is 1.46. The van der Waals surface area contributed by atoms with Crippen molar-refractivity contribution in [2.75, 3.05) is 13.7 Å². The van der Waals surface area contributed by atoms with E-state index < -0.39 is 0 Å². The standard InChI is InChI=1S/C19H19ClN4O3/c1-10-8-23(9-16-21-22-18(24(10)16)11-3-4-11)19(25)15-6-12-5-13(20)7-14(26-2)17(12)27-15/h5-7,10-11H,3-4,8-9H2,1-2H3/t10-/m0/s1. The molecule has 2 aliphatic rings. The lowest BCUT2D eigenvalue weighted by atomic mass is 10.2. The average Bonchev–Trinajstić information content (AvgIpc) is 3.25. The molecule has 2 aromatic heterocycles. The van der Waals surface area contributed by atoms with Crippen LogP contribution in [0.1, 0.15) is 53.9 Å². The summed E-state index contributed by atoms with van der Waals surface area (Å²) in [6.45, 7) is 3.12. The predicted molar refractivity (Wildman–Crippen MR) is 99.2 cm³/mol. The molecule has 0 unspecified atom stereocenters. The number of rotatable bonds is 3. The molecule has 0 N–H and O–H groups in total. The lowest BCUT2D eigenvalue weighted by Crippen LogP contribution is -2.40. The Bertz CT molecular complexity index is 1050. The summed E-state index contributed by atoms with van der Waals surface area (Å²) in [6.07, 6.45) is 2.35. The summed E-state index contributed by atoms with van der Waals surface area (Å²) in [6, 6.07) is 5.28. The second kappa shape index (κ2) is 5.99. The molecular weight excluding hydrogens is 368 g/mol. The number of amides is 1. The van der Waals surface area contributed by atoms with Gasteiger partial charge in [0.15, 0.2) is 22.9 Å². The molecule has 0 bridgehead atoms. The fourth-order valence-corrected chi connectivity index (χ4v) is 4.05. The quantitative estimate of drug-likeness (QED) is 0.684. The van der Waals surface area contributed by atoms with Crippen LogP contribution >= 0.6 is 11.6 Å². The van der Waals surface area contributed by atoms with Gasteiger partial charge in [0.05, 0.1) is 19.7 Å². The van der Waals surface area contributed by atoms with Gasteiger partial charge in [0, 0.05) is 28.9 Å². The fraction of sp³-hybridized carbons (Fsp3) is 0.421. The van der Waals surface area contributed by atoms with E-state index in [0.29, 0.717) is 35.4 Å². The number of ether oxygens (including phenoxy) is 1. The highest BCUT2D eigenvalue weighted by molar-refractivity contribution is 6.31. The number of hydrogen-bond acceptors (Lipinski definition) is 5. The summed E-state index contributed by atoms with van der Waals surface area (Å²) < 4.78 is 13.3. The second-order valence-electron chi connectivity index (χ2n) is 7.29. The molecule has 7 nitrogen and oxygen atoms in total. The number of benzene rings is 1. The summed E-state index contributed by atoms with van der Waals surface area (Å²) in [5.41, 5.74) is 0.523. The Labute approximate surface area is 160 Å². The largest absolute Gasteiger partial charge is 0.493 e. The van der Waals surface area contributed by atoms with Gasteiger partial charge in [-0.2, -0.15) is 0 Å². The molecule has 0 radical (unpaired) electrons. The first kappa shape index (κ1) is 16.6. The van der Waals surface area contributed by atoms with E-state index in [2.05, 4.69) is 21.7 Å². The SMILES string of the molecule is COc1cc(Cl)cc2cc(C(=O)N3Cc4nnc(C5CC5)n4[C@@H](C)C3)oc12. The first-order valence-electron chi connectivity index (χ1n) is 9.05. The maximum Gasteiger partial charge on any atom is 0.290 e. The van der Waals surface area contributed by atoms with Crippen molar-refractivity contribution in [3.05, 3.63) is 40.6 Å². The molecule has 140 valence electrons. The predicted octanol–water partition coefficient (Wildman–Crippen LogP) is 3.78. The summed E-state index contributed by atoms with van der Waals surface area (Å²) >= 11 is 6.11. The smallest absolute Gasteiger partial charge is 0.290 e. The number of carbonyl (C=O) groups excluding carboxylic acids is 1. The molecule has 3 heterocycles. The summed E-state index contributed by atoms with van der Waals surface area (Å²) in [5, 5.41) is 9.97. The highest BCUT2D eigenvalue weighted by Crippen LogP contribution is 2.41. The molecule has 27 heavy (non-hydrogen) atoms. The lowest BCUT2D eigenvalue weighted by molar-refractivity contribution is 0.0649. The van der Waals surface area contributed by atoms with Gasteiger partial charge < -0.3 is 18.6 Å². The van der Waals surface area contributed by atoms with E-state index >= 15 is 0 Å². The molecule has 1 saturated carbocycles. The monoisotopic (exact) mass is 386 g/mol. The van der Waals surface area contributed by atoms with Gasteiger partial charge in [-0.1, -0.05) is 11.6 Å². The highest BCUT2D eigenvalue weighted by Gasteiger charge is 2.36. The van der Waals surface area contributed by atoms with E-state index in [9.17, 15) is 4.79 Å². The van der Waals surface area contributed by atoms with Crippen LogP contribution in [0.5, 0.6) is 5.75 Å².